The lowest BCUT2D eigenvalue weighted by Crippen LogP contribution is -2.41. The fourth-order valence-electron chi connectivity index (χ4n) is 4.83. The first kappa shape index (κ1) is 23.6. The largest absolute Gasteiger partial charge is 0.493 e. The molecule has 178 valence electrons. The number of rotatable bonds is 5. The number of nitrogens with zero attached hydrogens (tertiary/aromatic N) is 1. The van der Waals surface area contributed by atoms with Crippen molar-refractivity contribution in [3.05, 3.63) is 54.1 Å². The minimum Gasteiger partial charge on any atom is -0.493 e. The Morgan fingerprint density at radius 1 is 1.06 bits per heavy atom. The Bertz CT molecular complexity index is 908. The van der Waals surface area contributed by atoms with Gasteiger partial charge < -0.3 is 19.7 Å². The van der Waals surface area contributed by atoms with Gasteiger partial charge >= 0.3 is 6.09 Å². The van der Waals surface area contributed by atoms with E-state index in [1.807, 2.05) is 25.7 Å². The molecule has 1 N–H and O–H groups in total. The smallest absolute Gasteiger partial charge is 0.410 e. The summed E-state index contributed by atoms with van der Waals surface area (Å²) < 4.78 is 11.8. The molecule has 2 saturated heterocycles. The Morgan fingerprint density at radius 2 is 1.82 bits per heavy atom. The zero-order valence-corrected chi connectivity index (χ0v) is 20.3. The third kappa shape index (κ3) is 6.50. The lowest BCUT2D eigenvalue weighted by molar-refractivity contribution is 0.0205. The molecule has 2 aromatic carbocycles. The second kappa shape index (κ2) is 10.6. The number of likely N-dealkylation sites (tertiary alicyclic amines) is 1. The first-order valence-corrected chi connectivity index (χ1v) is 12.4. The molecule has 2 aliphatic rings. The molecule has 1 unspecified atom stereocenters. The average molecular weight is 451 g/mol. The van der Waals surface area contributed by atoms with Gasteiger partial charge in [0.15, 0.2) is 0 Å². The molecule has 2 aliphatic heterocycles. The van der Waals surface area contributed by atoms with Crippen LogP contribution in [0.4, 0.5) is 4.79 Å². The SMILES string of the molecule is CC(C)(C)OC(=O)N1CCC(c2ccc(OCC3CCCNC3)cc2-c2ccccc2)CC1. The third-order valence-corrected chi connectivity index (χ3v) is 6.58. The van der Waals surface area contributed by atoms with Crippen molar-refractivity contribution in [2.75, 3.05) is 32.8 Å². The summed E-state index contributed by atoms with van der Waals surface area (Å²) in [5.74, 6) is 1.93. The van der Waals surface area contributed by atoms with E-state index in [0.717, 1.165) is 51.4 Å². The fraction of sp³-hybridized carbons (Fsp3) is 0.536. The van der Waals surface area contributed by atoms with E-state index < -0.39 is 5.60 Å². The first-order valence-electron chi connectivity index (χ1n) is 12.4. The van der Waals surface area contributed by atoms with Crippen LogP contribution in [-0.4, -0.2) is 49.4 Å². The number of piperidine rings is 2. The highest BCUT2D eigenvalue weighted by Gasteiger charge is 2.28. The van der Waals surface area contributed by atoms with E-state index in [0.29, 0.717) is 11.8 Å². The first-order chi connectivity index (χ1) is 15.9. The van der Waals surface area contributed by atoms with Gasteiger partial charge in [-0.25, -0.2) is 4.79 Å². The quantitative estimate of drug-likeness (QED) is 0.621. The maximum Gasteiger partial charge on any atom is 0.410 e. The molecule has 2 fully saturated rings. The van der Waals surface area contributed by atoms with Crippen LogP contribution in [0.15, 0.2) is 48.5 Å². The zero-order valence-electron chi connectivity index (χ0n) is 20.3. The van der Waals surface area contributed by atoms with Gasteiger partial charge in [-0.05, 0) is 87.7 Å². The van der Waals surface area contributed by atoms with Gasteiger partial charge in [0.05, 0.1) is 6.61 Å². The normalized spacial score (nSPS) is 19.8. The number of nitrogens with one attached hydrogen (secondary N) is 1. The molecule has 0 aromatic heterocycles. The lowest BCUT2D eigenvalue weighted by Gasteiger charge is -2.34. The van der Waals surface area contributed by atoms with Crippen molar-refractivity contribution in [3.63, 3.8) is 0 Å². The highest BCUT2D eigenvalue weighted by molar-refractivity contribution is 5.70. The Hall–Kier alpha value is -2.53. The van der Waals surface area contributed by atoms with Gasteiger partial charge in [0.25, 0.3) is 0 Å². The zero-order chi connectivity index (χ0) is 23.3. The van der Waals surface area contributed by atoms with Crippen LogP contribution in [0, 0.1) is 5.92 Å². The summed E-state index contributed by atoms with van der Waals surface area (Å²) in [6.07, 6.45) is 4.13. The molecular weight excluding hydrogens is 412 g/mol. The van der Waals surface area contributed by atoms with Gasteiger partial charge in [0.2, 0.25) is 0 Å². The van der Waals surface area contributed by atoms with Crippen molar-refractivity contribution in [1.29, 1.82) is 0 Å². The van der Waals surface area contributed by atoms with Gasteiger partial charge in [0.1, 0.15) is 11.4 Å². The van der Waals surface area contributed by atoms with E-state index in [2.05, 4.69) is 53.8 Å². The van der Waals surface area contributed by atoms with Crippen molar-refractivity contribution in [2.24, 2.45) is 5.92 Å². The van der Waals surface area contributed by atoms with E-state index in [-0.39, 0.29) is 6.09 Å². The van der Waals surface area contributed by atoms with Gasteiger partial charge in [0, 0.05) is 25.6 Å². The summed E-state index contributed by atoms with van der Waals surface area (Å²) in [5.41, 5.74) is 3.34. The van der Waals surface area contributed by atoms with Crippen LogP contribution in [0.2, 0.25) is 0 Å². The standard InChI is InChI=1S/C28H38N2O3/c1-28(2,3)33-27(31)30-16-13-23(14-17-30)25-12-11-24(32-20-21-8-7-15-29-19-21)18-26(25)22-9-5-4-6-10-22/h4-6,9-12,18,21,23,29H,7-8,13-17,19-20H2,1-3H3. The van der Waals surface area contributed by atoms with Crippen LogP contribution in [0.1, 0.15) is 57.9 Å². The monoisotopic (exact) mass is 450 g/mol. The second-order valence-electron chi connectivity index (χ2n) is 10.4. The molecule has 2 heterocycles. The number of benzene rings is 2. The number of ether oxygens (including phenoxy) is 2. The van der Waals surface area contributed by atoms with Gasteiger partial charge in [-0.15, -0.1) is 0 Å². The topological polar surface area (TPSA) is 50.8 Å². The highest BCUT2D eigenvalue weighted by Crippen LogP contribution is 2.38. The number of amides is 1. The van der Waals surface area contributed by atoms with Crippen LogP contribution >= 0.6 is 0 Å². The van der Waals surface area contributed by atoms with Crippen LogP contribution in [0.25, 0.3) is 11.1 Å². The maximum atomic E-state index is 12.5. The summed E-state index contributed by atoms with van der Waals surface area (Å²) in [6.45, 7) is 10.1. The summed E-state index contributed by atoms with van der Waals surface area (Å²) in [7, 11) is 0. The molecule has 33 heavy (non-hydrogen) atoms. The summed E-state index contributed by atoms with van der Waals surface area (Å²) >= 11 is 0. The van der Waals surface area contributed by atoms with Crippen molar-refractivity contribution >= 4 is 6.09 Å². The molecule has 5 heteroatoms. The van der Waals surface area contributed by atoms with E-state index in [9.17, 15) is 4.79 Å². The number of carbonyl (C=O) groups excluding carboxylic acids is 1. The van der Waals surface area contributed by atoms with E-state index in [4.69, 9.17) is 9.47 Å². The molecule has 4 rings (SSSR count). The van der Waals surface area contributed by atoms with Crippen LogP contribution in [-0.2, 0) is 4.74 Å². The van der Waals surface area contributed by atoms with Crippen molar-refractivity contribution in [1.82, 2.24) is 10.2 Å². The van der Waals surface area contributed by atoms with Crippen molar-refractivity contribution in [3.8, 4) is 16.9 Å². The van der Waals surface area contributed by atoms with Crippen LogP contribution in [0.5, 0.6) is 5.75 Å². The van der Waals surface area contributed by atoms with Crippen LogP contribution in [0.3, 0.4) is 0 Å². The van der Waals surface area contributed by atoms with Gasteiger partial charge in [-0.3, -0.25) is 0 Å². The average Bonchev–Trinajstić information content (AvgIpc) is 2.83. The molecule has 1 atom stereocenters. The molecule has 0 radical (unpaired) electrons. The van der Waals surface area contributed by atoms with E-state index in [1.165, 1.54) is 29.5 Å². The molecule has 0 aliphatic carbocycles. The molecule has 0 bridgehead atoms. The van der Waals surface area contributed by atoms with E-state index >= 15 is 0 Å². The van der Waals surface area contributed by atoms with Crippen LogP contribution < -0.4 is 10.1 Å². The summed E-state index contributed by atoms with van der Waals surface area (Å²) in [6, 6.07) is 17.1. The molecule has 5 nitrogen and oxygen atoms in total. The Morgan fingerprint density at radius 3 is 2.48 bits per heavy atom. The summed E-state index contributed by atoms with van der Waals surface area (Å²) in [4.78, 5) is 14.3. The fourth-order valence-corrected chi connectivity index (χ4v) is 4.83. The van der Waals surface area contributed by atoms with Crippen molar-refractivity contribution in [2.45, 2.75) is 58.0 Å². The molecule has 0 spiro atoms. The number of hydrogen-bond donors (Lipinski definition) is 1. The lowest BCUT2D eigenvalue weighted by atomic mass is 9.84. The third-order valence-electron chi connectivity index (χ3n) is 6.58. The molecule has 1 amide bonds. The number of carbonyl (C=O) groups is 1. The molecule has 2 aromatic rings. The second-order valence-corrected chi connectivity index (χ2v) is 10.4. The predicted octanol–water partition coefficient (Wildman–Crippen LogP) is 5.85. The highest BCUT2D eigenvalue weighted by atomic mass is 16.6. The minimum absolute atomic E-state index is 0.204. The maximum absolute atomic E-state index is 12.5. The molecule has 0 saturated carbocycles. The number of hydrogen-bond acceptors (Lipinski definition) is 4. The Kier molecular flexibility index (Phi) is 7.59. The van der Waals surface area contributed by atoms with Gasteiger partial charge in [-0.2, -0.15) is 0 Å². The van der Waals surface area contributed by atoms with Crippen molar-refractivity contribution < 1.29 is 14.3 Å². The van der Waals surface area contributed by atoms with Gasteiger partial charge in [-0.1, -0.05) is 36.4 Å². The molecular formula is C28H38N2O3. The minimum atomic E-state index is -0.460. The Labute approximate surface area is 198 Å². The van der Waals surface area contributed by atoms with E-state index in [1.54, 1.807) is 0 Å². The Balaban J connectivity index is 1.47. The summed E-state index contributed by atoms with van der Waals surface area (Å²) in [5, 5.41) is 3.47. The predicted molar refractivity (Wildman–Crippen MR) is 133 cm³/mol.